The van der Waals surface area contributed by atoms with Crippen molar-refractivity contribution in [3.05, 3.63) is 57.0 Å². The summed E-state index contributed by atoms with van der Waals surface area (Å²) in [6, 6.07) is 6.45. The van der Waals surface area contributed by atoms with Gasteiger partial charge in [0.05, 0.1) is 5.69 Å². The van der Waals surface area contributed by atoms with Gasteiger partial charge >= 0.3 is 0 Å². The predicted molar refractivity (Wildman–Crippen MR) is 75.4 cm³/mol. The lowest BCUT2D eigenvalue weighted by Crippen LogP contribution is -2.03. The zero-order chi connectivity index (χ0) is 13.1. The molecular weight excluding hydrogens is 319 g/mol. The summed E-state index contributed by atoms with van der Waals surface area (Å²) in [4.78, 5) is 4.01. The predicted octanol–water partition coefficient (Wildman–Crippen LogP) is 4.56. The van der Waals surface area contributed by atoms with E-state index in [1.807, 2.05) is 13.0 Å². The molecule has 1 aromatic carbocycles. The van der Waals surface area contributed by atoms with Gasteiger partial charge in [-0.3, -0.25) is 0 Å². The van der Waals surface area contributed by atoms with Crippen LogP contribution in [0.2, 0.25) is 5.15 Å². The highest BCUT2D eigenvalue weighted by Crippen LogP contribution is 2.25. The van der Waals surface area contributed by atoms with E-state index in [9.17, 15) is 4.39 Å². The van der Waals surface area contributed by atoms with Crippen molar-refractivity contribution in [3.63, 3.8) is 0 Å². The Morgan fingerprint density at radius 2 is 2.17 bits per heavy atom. The molecule has 1 aromatic heterocycles. The van der Waals surface area contributed by atoms with Crippen molar-refractivity contribution < 1.29 is 4.39 Å². The lowest BCUT2D eigenvalue weighted by Gasteiger charge is -2.11. The summed E-state index contributed by atoms with van der Waals surface area (Å²) in [7, 11) is 0. The molecule has 0 saturated carbocycles. The molecule has 2 nitrogen and oxygen atoms in total. The van der Waals surface area contributed by atoms with Crippen LogP contribution in [-0.4, -0.2) is 4.98 Å². The molecule has 0 bridgehead atoms. The number of halogens is 3. The Balaban J connectivity index is 2.19. The standard InChI is InChI=1S/C13H11BrClFN2/c1-8-4-5-17-13(15)12(8)18-7-9-6-10(16)2-3-11(9)14/h2-6,18H,7H2,1H3. The molecule has 2 rings (SSSR count). The third-order valence-corrected chi connectivity index (χ3v) is 3.64. The molecule has 0 spiro atoms. The van der Waals surface area contributed by atoms with E-state index in [4.69, 9.17) is 11.6 Å². The van der Waals surface area contributed by atoms with Gasteiger partial charge in [-0.15, -0.1) is 0 Å². The molecule has 0 amide bonds. The number of anilines is 1. The highest BCUT2D eigenvalue weighted by atomic mass is 79.9. The average molecular weight is 330 g/mol. The van der Waals surface area contributed by atoms with Gasteiger partial charge in [0, 0.05) is 17.2 Å². The van der Waals surface area contributed by atoms with Gasteiger partial charge in [-0.2, -0.15) is 0 Å². The Morgan fingerprint density at radius 1 is 1.39 bits per heavy atom. The largest absolute Gasteiger partial charge is 0.378 e. The number of nitrogens with one attached hydrogen (secondary N) is 1. The van der Waals surface area contributed by atoms with E-state index >= 15 is 0 Å². The minimum Gasteiger partial charge on any atom is -0.378 e. The Bertz CT molecular complexity index is 555. The molecule has 1 heterocycles. The van der Waals surface area contributed by atoms with Crippen LogP contribution in [0, 0.1) is 12.7 Å². The molecule has 0 fully saturated rings. The molecule has 94 valence electrons. The normalized spacial score (nSPS) is 10.4. The number of aromatic nitrogens is 1. The van der Waals surface area contributed by atoms with E-state index in [0.29, 0.717) is 11.7 Å². The van der Waals surface area contributed by atoms with Crippen LogP contribution in [0.5, 0.6) is 0 Å². The first-order valence-electron chi connectivity index (χ1n) is 5.37. The Kier molecular flexibility index (Phi) is 4.19. The van der Waals surface area contributed by atoms with Crippen LogP contribution in [-0.2, 0) is 6.54 Å². The molecule has 0 radical (unpaired) electrons. The molecule has 1 N–H and O–H groups in total. The maximum atomic E-state index is 13.1. The number of rotatable bonds is 3. The van der Waals surface area contributed by atoms with E-state index in [-0.39, 0.29) is 5.82 Å². The summed E-state index contributed by atoms with van der Waals surface area (Å²) in [6.45, 7) is 2.42. The van der Waals surface area contributed by atoms with Gasteiger partial charge in [-0.25, -0.2) is 9.37 Å². The van der Waals surface area contributed by atoms with Gasteiger partial charge in [0.1, 0.15) is 5.82 Å². The molecule has 0 aliphatic rings. The number of aryl methyl sites for hydroxylation is 1. The summed E-state index contributed by atoms with van der Waals surface area (Å²) in [5.74, 6) is -0.260. The molecule has 5 heteroatoms. The Labute approximate surface area is 118 Å². The number of hydrogen-bond acceptors (Lipinski definition) is 2. The molecule has 0 aliphatic heterocycles. The van der Waals surface area contributed by atoms with E-state index in [0.717, 1.165) is 21.3 Å². The molecule has 18 heavy (non-hydrogen) atoms. The molecule has 0 aliphatic carbocycles. The van der Waals surface area contributed by atoms with Gasteiger partial charge in [0.25, 0.3) is 0 Å². The highest BCUT2D eigenvalue weighted by molar-refractivity contribution is 9.10. The summed E-state index contributed by atoms with van der Waals surface area (Å²) >= 11 is 9.39. The lowest BCUT2D eigenvalue weighted by molar-refractivity contribution is 0.625. The van der Waals surface area contributed by atoms with Crippen molar-refractivity contribution in [2.45, 2.75) is 13.5 Å². The maximum Gasteiger partial charge on any atom is 0.152 e. The average Bonchev–Trinajstić information content (AvgIpc) is 2.33. The van der Waals surface area contributed by atoms with Crippen LogP contribution < -0.4 is 5.32 Å². The molecule has 0 atom stereocenters. The quantitative estimate of drug-likeness (QED) is 0.835. The summed E-state index contributed by atoms with van der Waals surface area (Å²) in [5, 5.41) is 3.59. The fourth-order valence-electron chi connectivity index (χ4n) is 1.60. The minimum absolute atomic E-state index is 0.260. The van der Waals surface area contributed by atoms with Gasteiger partial charge in [-0.1, -0.05) is 27.5 Å². The van der Waals surface area contributed by atoms with Crippen molar-refractivity contribution >= 4 is 33.2 Å². The highest BCUT2D eigenvalue weighted by Gasteiger charge is 2.06. The summed E-state index contributed by atoms with van der Waals surface area (Å²) in [6.07, 6.45) is 1.65. The fraction of sp³-hybridized carbons (Fsp3) is 0.154. The third-order valence-electron chi connectivity index (χ3n) is 2.58. The van der Waals surface area contributed by atoms with Gasteiger partial charge in [-0.05, 0) is 42.3 Å². The van der Waals surface area contributed by atoms with Gasteiger partial charge < -0.3 is 5.32 Å². The van der Waals surface area contributed by atoms with E-state index in [1.165, 1.54) is 12.1 Å². The van der Waals surface area contributed by atoms with Crippen LogP contribution in [0.4, 0.5) is 10.1 Å². The van der Waals surface area contributed by atoms with E-state index in [1.54, 1.807) is 12.3 Å². The lowest BCUT2D eigenvalue weighted by atomic mass is 10.2. The second-order valence-corrected chi connectivity index (χ2v) is 5.10. The van der Waals surface area contributed by atoms with Crippen molar-refractivity contribution in [3.8, 4) is 0 Å². The van der Waals surface area contributed by atoms with E-state index in [2.05, 4.69) is 26.2 Å². The minimum atomic E-state index is -0.260. The topological polar surface area (TPSA) is 24.9 Å². The number of benzene rings is 1. The smallest absolute Gasteiger partial charge is 0.152 e. The number of nitrogens with zero attached hydrogens (tertiary/aromatic N) is 1. The zero-order valence-corrected chi connectivity index (χ0v) is 12.0. The molecule has 0 unspecified atom stereocenters. The second-order valence-electron chi connectivity index (χ2n) is 3.88. The van der Waals surface area contributed by atoms with Gasteiger partial charge in [0.15, 0.2) is 5.15 Å². The first kappa shape index (κ1) is 13.3. The van der Waals surface area contributed by atoms with E-state index < -0.39 is 0 Å². The van der Waals surface area contributed by atoms with Crippen LogP contribution in [0.15, 0.2) is 34.9 Å². The van der Waals surface area contributed by atoms with Crippen LogP contribution in [0.1, 0.15) is 11.1 Å². The van der Waals surface area contributed by atoms with Crippen LogP contribution in [0.3, 0.4) is 0 Å². The number of hydrogen-bond donors (Lipinski definition) is 1. The van der Waals surface area contributed by atoms with Gasteiger partial charge in [0.2, 0.25) is 0 Å². The molecule has 0 saturated heterocycles. The molecule has 2 aromatic rings. The first-order chi connectivity index (χ1) is 8.58. The Morgan fingerprint density at radius 3 is 2.89 bits per heavy atom. The van der Waals surface area contributed by atoms with Crippen molar-refractivity contribution in [2.24, 2.45) is 0 Å². The van der Waals surface area contributed by atoms with Crippen LogP contribution >= 0.6 is 27.5 Å². The summed E-state index contributed by atoms with van der Waals surface area (Å²) < 4.78 is 14.0. The Hall–Kier alpha value is -1.13. The summed E-state index contributed by atoms with van der Waals surface area (Å²) in [5.41, 5.74) is 2.60. The SMILES string of the molecule is Cc1ccnc(Cl)c1NCc1cc(F)ccc1Br. The zero-order valence-electron chi connectivity index (χ0n) is 9.67. The third kappa shape index (κ3) is 3.00. The number of pyridine rings is 1. The second kappa shape index (κ2) is 5.67. The van der Waals surface area contributed by atoms with Crippen molar-refractivity contribution in [1.29, 1.82) is 0 Å². The maximum absolute atomic E-state index is 13.1. The molecular formula is C13H11BrClFN2. The monoisotopic (exact) mass is 328 g/mol. The van der Waals surface area contributed by atoms with Crippen molar-refractivity contribution in [1.82, 2.24) is 4.98 Å². The van der Waals surface area contributed by atoms with Crippen LogP contribution in [0.25, 0.3) is 0 Å². The fourth-order valence-corrected chi connectivity index (χ4v) is 2.26. The van der Waals surface area contributed by atoms with Crippen molar-refractivity contribution in [2.75, 3.05) is 5.32 Å². The first-order valence-corrected chi connectivity index (χ1v) is 6.54.